The Morgan fingerprint density at radius 2 is 1.78 bits per heavy atom. The maximum absolute atomic E-state index is 12.8. The molecule has 0 radical (unpaired) electrons. The fourth-order valence-corrected chi connectivity index (χ4v) is 3.74. The topological polar surface area (TPSA) is 49.4 Å². The Balaban J connectivity index is 1.82. The van der Waals surface area contributed by atoms with E-state index < -0.39 is 21.6 Å². The molecule has 1 unspecified atom stereocenters. The van der Waals surface area contributed by atoms with Gasteiger partial charge in [-0.1, -0.05) is 18.2 Å². The highest BCUT2D eigenvalue weighted by Gasteiger charge is 2.31. The first kappa shape index (κ1) is 19.7. The van der Waals surface area contributed by atoms with E-state index in [2.05, 4.69) is 5.32 Å². The van der Waals surface area contributed by atoms with Crippen molar-refractivity contribution in [3.63, 3.8) is 0 Å². The van der Waals surface area contributed by atoms with Crippen molar-refractivity contribution in [2.75, 3.05) is 30.0 Å². The second-order valence-corrected chi connectivity index (χ2v) is 9.03. The number of benzene rings is 2. The lowest BCUT2D eigenvalue weighted by Gasteiger charge is -2.36. The smallest absolute Gasteiger partial charge is 0.340 e. The second kappa shape index (κ2) is 7.52. The van der Waals surface area contributed by atoms with Gasteiger partial charge >= 0.3 is 6.18 Å². The molecule has 2 aromatic rings. The summed E-state index contributed by atoms with van der Waals surface area (Å²) in [4.78, 5) is 1.97. The molecule has 0 spiro atoms. The number of sulfone groups is 1. The van der Waals surface area contributed by atoms with Gasteiger partial charge in [-0.25, -0.2) is 8.42 Å². The van der Waals surface area contributed by atoms with Crippen molar-refractivity contribution in [2.45, 2.75) is 18.6 Å². The molecule has 1 heterocycles. The Hall–Kier alpha value is -2.06. The maximum Gasteiger partial charge on any atom is 0.416 e. The number of halogens is 3. The first-order valence-electron chi connectivity index (χ1n) is 8.57. The van der Waals surface area contributed by atoms with Crippen molar-refractivity contribution in [1.82, 2.24) is 5.32 Å². The number of para-hydroxylation sites is 1. The van der Waals surface area contributed by atoms with E-state index in [-0.39, 0.29) is 11.8 Å². The zero-order valence-corrected chi connectivity index (χ0v) is 15.6. The lowest BCUT2D eigenvalue weighted by molar-refractivity contribution is -0.137. The van der Waals surface area contributed by atoms with E-state index in [9.17, 15) is 21.6 Å². The van der Waals surface area contributed by atoms with Crippen LogP contribution in [-0.2, 0) is 22.4 Å². The minimum absolute atomic E-state index is 0.00365. The summed E-state index contributed by atoms with van der Waals surface area (Å²) < 4.78 is 61.1. The number of hydrogen-bond acceptors (Lipinski definition) is 4. The van der Waals surface area contributed by atoms with Crippen LogP contribution in [0.1, 0.15) is 11.1 Å². The standard InChI is InChI=1S/C19H21F3N2O2S/c1-27(25,26)11-10-23-16-12-14-4-2-3-5-18(14)24(13-16)17-8-6-15(7-9-17)19(20,21)22/h2-9,16,23H,10-13H2,1H3. The van der Waals surface area contributed by atoms with Gasteiger partial charge in [-0.05, 0) is 42.3 Å². The second-order valence-electron chi connectivity index (χ2n) is 6.77. The highest BCUT2D eigenvalue weighted by Crippen LogP contribution is 2.35. The van der Waals surface area contributed by atoms with Gasteiger partial charge in [-0.2, -0.15) is 13.2 Å². The first-order valence-corrected chi connectivity index (χ1v) is 10.6. The summed E-state index contributed by atoms with van der Waals surface area (Å²) >= 11 is 0. The Morgan fingerprint density at radius 3 is 2.41 bits per heavy atom. The lowest BCUT2D eigenvalue weighted by Crippen LogP contribution is -2.45. The maximum atomic E-state index is 12.8. The molecule has 4 nitrogen and oxygen atoms in total. The zero-order chi connectivity index (χ0) is 19.7. The molecule has 2 aromatic carbocycles. The number of alkyl halides is 3. The molecule has 1 aliphatic rings. The third-order valence-electron chi connectivity index (χ3n) is 4.56. The van der Waals surface area contributed by atoms with E-state index in [0.717, 1.165) is 29.8 Å². The van der Waals surface area contributed by atoms with Crippen LogP contribution in [0, 0.1) is 0 Å². The molecule has 0 aromatic heterocycles. The fourth-order valence-electron chi connectivity index (χ4n) is 3.26. The van der Waals surface area contributed by atoms with E-state index in [1.54, 1.807) is 0 Å². The van der Waals surface area contributed by atoms with Crippen molar-refractivity contribution in [1.29, 1.82) is 0 Å². The molecule has 0 fully saturated rings. The quantitative estimate of drug-likeness (QED) is 0.839. The zero-order valence-electron chi connectivity index (χ0n) is 14.8. The average molecular weight is 398 g/mol. The molecule has 0 bridgehead atoms. The summed E-state index contributed by atoms with van der Waals surface area (Å²) in [5.74, 6) is 0.0471. The molecular weight excluding hydrogens is 377 g/mol. The third-order valence-corrected chi connectivity index (χ3v) is 5.51. The number of nitrogens with zero attached hydrogens (tertiary/aromatic N) is 1. The largest absolute Gasteiger partial charge is 0.416 e. The molecule has 0 aliphatic carbocycles. The van der Waals surface area contributed by atoms with Gasteiger partial charge in [-0.15, -0.1) is 0 Å². The lowest BCUT2D eigenvalue weighted by atomic mass is 9.97. The molecular formula is C19H21F3N2O2S. The number of fused-ring (bicyclic) bond motifs is 1. The summed E-state index contributed by atoms with van der Waals surface area (Å²) in [6, 6.07) is 12.9. The predicted molar refractivity (Wildman–Crippen MR) is 100 cm³/mol. The van der Waals surface area contributed by atoms with Crippen LogP contribution in [0.25, 0.3) is 0 Å². The first-order chi connectivity index (χ1) is 12.6. The molecule has 146 valence electrons. The Morgan fingerprint density at radius 1 is 1.11 bits per heavy atom. The van der Waals surface area contributed by atoms with Crippen LogP contribution in [0.15, 0.2) is 48.5 Å². The summed E-state index contributed by atoms with van der Waals surface area (Å²) in [6.07, 6.45) is -2.44. The average Bonchev–Trinajstić information content (AvgIpc) is 2.59. The van der Waals surface area contributed by atoms with Crippen LogP contribution in [0.2, 0.25) is 0 Å². The minimum atomic E-state index is -4.37. The van der Waals surface area contributed by atoms with Gasteiger partial charge in [0.05, 0.1) is 11.3 Å². The number of nitrogens with one attached hydrogen (secondary N) is 1. The van der Waals surface area contributed by atoms with Gasteiger partial charge in [0.2, 0.25) is 0 Å². The van der Waals surface area contributed by atoms with E-state index in [4.69, 9.17) is 0 Å². The van der Waals surface area contributed by atoms with Crippen molar-refractivity contribution >= 4 is 21.2 Å². The van der Waals surface area contributed by atoms with Crippen LogP contribution >= 0.6 is 0 Å². The molecule has 27 heavy (non-hydrogen) atoms. The van der Waals surface area contributed by atoms with Crippen molar-refractivity contribution in [3.05, 3.63) is 59.7 Å². The van der Waals surface area contributed by atoms with Crippen molar-refractivity contribution in [2.24, 2.45) is 0 Å². The van der Waals surface area contributed by atoms with Crippen LogP contribution < -0.4 is 10.2 Å². The molecule has 3 rings (SSSR count). The molecule has 0 amide bonds. The molecule has 1 aliphatic heterocycles. The van der Waals surface area contributed by atoms with Crippen LogP contribution in [0.3, 0.4) is 0 Å². The summed E-state index contributed by atoms with van der Waals surface area (Å²) in [6.45, 7) is 0.888. The fraction of sp³-hybridized carbons (Fsp3) is 0.368. The Kier molecular flexibility index (Phi) is 5.48. The van der Waals surface area contributed by atoms with Gasteiger partial charge < -0.3 is 10.2 Å². The van der Waals surface area contributed by atoms with Gasteiger partial charge in [-0.3, -0.25) is 0 Å². The van der Waals surface area contributed by atoms with E-state index in [0.29, 0.717) is 18.8 Å². The van der Waals surface area contributed by atoms with Crippen LogP contribution in [0.5, 0.6) is 0 Å². The van der Waals surface area contributed by atoms with Crippen molar-refractivity contribution < 1.29 is 21.6 Å². The van der Waals surface area contributed by atoms with Crippen LogP contribution in [0.4, 0.5) is 24.5 Å². The van der Waals surface area contributed by atoms with E-state index in [1.807, 2.05) is 29.2 Å². The summed E-state index contributed by atoms with van der Waals surface area (Å²) in [5.41, 5.74) is 2.02. The number of rotatable bonds is 5. The van der Waals surface area contributed by atoms with E-state index in [1.165, 1.54) is 18.4 Å². The van der Waals surface area contributed by atoms with Crippen LogP contribution in [-0.4, -0.2) is 39.6 Å². The van der Waals surface area contributed by atoms with Gasteiger partial charge in [0, 0.05) is 36.8 Å². The highest BCUT2D eigenvalue weighted by molar-refractivity contribution is 7.90. The highest BCUT2D eigenvalue weighted by atomic mass is 32.2. The summed E-state index contributed by atoms with van der Waals surface area (Å²) in [5, 5.41) is 3.25. The monoisotopic (exact) mass is 398 g/mol. The number of anilines is 2. The normalized spacial score (nSPS) is 17.6. The molecule has 0 saturated heterocycles. The molecule has 1 N–H and O–H groups in total. The van der Waals surface area contributed by atoms with Gasteiger partial charge in [0.15, 0.2) is 0 Å². The molecule has 1 atom stereocenters. The third kappa shape index (κ3) is 5.01. The summed E-state index contributed by atoms with van der Waals surface area (Å²) in [7, 11) is -3.05. The Bertz CT molecular complexity index is 896. The predicted octanol–water partition coefficient (Wildman–Crippen LogP) is 3.40. The number of hydrogen-bond donors (Lipinski definition) is 1. The van der Waals surface area contributed by atoms with Gasteiger partial charge in [0.1, 0.15) is 9.84 Å². The minimum Gasteiger partial charge on any atom is -0.340 e. The molecule has 0 saturated carbocycles. The van der Waals surface area contributed by atoms with Gasteiger partial charge in [0.25, 0.3) is 0 Å². The van der Waals surface area contributed by atoms with E-state index >= 15 is 0 Å². The SMILES string of the molecule is CS(=O)(=O)CCNC1Cc2ccccc2N(c2ccc(C(F)(F)F)cc2)C1. The van der Waals surface area contributed by atoms with Crippen molar-refractivity contribution in [3.8, 4) is 0 Å². The Labute approximate surface area is 156 Å². The molecule has 8 heteroatoms.